The highest BCUT2D eigenvalue weighted by molar-refractivity contribution is 9.10. The van der Waals surface area contributed by atoms with E-state index in [1.54, 1.807) is 12.3 Å². The number of carboxylic acid groups (broad SMARTS) is 1. The third-order valence-corrected chi connectivity index (χ3v) is 4.82. The van der Waals surface area contributed by atoms with Crippen molar-refractivity contribution in [3.63, 3.8) is 0 Å². The second-order valence-electron chi connectivity index (χ2n) is 6.39. The number of amides is 1. The Hall–Kier alpha value is -2.94. The molecule has 2 heterocycles. The lowest BCUT2D eigenvalue weighted by atomic mass is 10.2. The van der Waals surface area contributed by atoms with E-state index in [2.05, 4.69) is 31.4 Å². The topological polar surface area (TPSA) is 102 Å². The first-order valence-electron chi connectivity index (χ1n) is 8.68. The van der Waals surface area contributed by atoms with Crippen molar-refractivity contribution in [2.24, 2.45) is 0 Å². The minimum atomic E-state index is -0.911. The van der Waals surface area contributed by atoms with Crippen LogP contribution in [0.3, 0.4) is 0 Å². The van der Waals surface area contributed by atoms with Crippen LogP contribution in [0.4, 0.5) is 5.69 Å². The predicted octanol–water partition coefficient (Wildman–Crippen LogP) is 3.23. The molecule has 0 spiro atoms. The summed E-state index contributed by atoms with van der Waals surface area (Å²) in [5.74, 6) is -1.27. The van der Waals surface area contributed by atoms with Crippen molar-refractivity contribution in [2.45, 2.75) is 33.4 Å². The maximum absolute atomic E-state index is 12.5. The summed E-state index contributed by atoms with van der Waals surface area (Å²) < 4.78 is 4.31. The number of hydrogen-bond acceptors (Lipinski definition) is 4. The smallest absolute Gasteiger partial charge is 0.305 e. The number of aliphatic carboxylic acids is 1. The van der Waals surface area contributed by atoms with Gasteiger partial charge in [0.15, 0.2) is 5.69 Å². The van der Waals surface area contributed by atoms with Crippen LogP contribution in [-0.4, -0.2) is 36.5 Å². The fraction of sp³-hybridized carbons (Fsp3) is 0.263. The number of rotatable bonds is 7. The third-order valence-electron chi connectivity index (χ3n) is 4.29. The molecule has 0 radical (unpaired) electrons. The Balaban J connectivity index is 1.72. The van der Waals surface area contributed by atoms with Gasteiger partial charge in [0.2, 0.25) is 0 Å². The predicted molar refractivity (Wildman–Crippen MR) is 107 cm³/mol. The number of hydrogen-bond donors (Lipinski definition) is 2. The maximum Gasteiger partial charge on any atom is 0.305 e. The van der Waals surface area contributed by atoms with Gasteiger partial charge in [0.25, 0.3) is 5.91 Å². The van der Waals surface area contributed by atoms with Crippen molar-refractivity contribution in [3.8, 4) is 0 Å². The Bertz CT molecular complexity index is 1010. The molecule has 0 saturated carbocycles. The van der Waals surface area contributed by atoms with E-state index < -0.39 is 5.97 Å². The number of anilines is 1. The molecule has 0 atom stereocenters. The van der Waals surface area contributed by atoms with Gasteiger partial charge in [-0.1, -0.05) is 28.1 Å². The molecule has 9 heteroatoms. The Kier molecular flexibility index (Phi) is 5.93. The molecule has 3 aromatic rings. The summed E-state index contributed by atoms with van der Waals surface area (Å²) in [6.07, 6.45) is 1.54. The molecule has 0 saturated heterocycles. The number of halogens is 1. The van der Waals surface area contributed by atoms with Gasteiger partial charge in [0, 0.05) is 10.7 Å². The highest BCUT2D eigenvalue weighted by Gasteiger charge is 2.17. The number of aromatic nitrogens is 4. The number of aryl methyl sites for hydroxylation is 2. The molecule has 0 bridgehead atoms. The molecule has 0 aliphatic heterocycles. The van der Waals surface area contributed by atoms with Crippen LogP contribution in [0.15, 0.2) is 41.0 Å². The minimum absolute atomic E-state index is 0.0518. The van der Waals surface area contributed by atoms with Crippen molar-refractivity contribution >= 4 is 33.5 Å². The zero-order valence-corrected chi connectivity index (χ0v) is 17.1. The van der Waals surface area contributed by atoms with Crippen molar-refractivity contribution in [1.82, 2.24) is 19.6 Å². The SMILES string of the molecule is Cc1nn(Cc2ccc(Br)cc2)c(C)c1NC(=O)c1ccn(CCC(=O)O)n1. The zero-order chi connectivity index (χ0) is 20.3. The van der Waals surface area contributed by atoms with Gasteiger partial charge in [-0.15, -0.1) is 0 Å². The lowest BCUT2D eigenvalue weighted by molar-refractivity contribution is -0.137. The Morgan fingerprint density at radius 2 is 1.86 bits per heavy atom. The fourth-order valence-electron chi connectivity index (χ4n) is 2.79. The van der Waals surface area contributed by atoms with Gasteiger partial charge in [-0.3, -0.25) is 19.0 Å². The summed E-state index contributed by atoms with van der Waals surface area (Å²) in [6.45, 7) is 4.55. The van der Waals surface area contributed by atoms with Crippen LogP contribution in [0, 0.1) is 13.8 Å². The zero-order valence-electron chi connectivity index (χ0n) is 15.5. The largest absolute Gasteiger partial charge is 0.481 e. The van der Waals surface area contributed by atoms with E-state index in [4.69, 9.17) is 5.11 Å². The van der Waals surface area contributed by atoms with Crippen LogP contribution >= 0.6 is 15.9 Å². The molecule has 0 fully saturated rings. The highest BCUT2D eigenvalue weighted by atomic mass is 79.9. The molecular weight excluding hydrogens is 426 g/mol. The average Bonchev–Trinajstić information content (AvgIpc) is 3.22. The van der Waals surface area contributed by atoms with Crippen LogP contribution in [0.2, 0.25) is 0 Å². The van der Waals surface area contributed by atoms with Crippen molar-refractivity contribution < 1.29 is 14.7 Å². The van der Waals surface area contributed by atoms with Crippen LogP contribution in [-0.2, 0) is 17.9 Å². The first-order valence-corrected chi connectivity index (χ1v) is 9.48. The van der Waals surface area contributed by atoms with E-state index in [1.165, 1.54) is 4.68 Å². The number of carbonyl (C=O) groups excluding carboxylic acids is 1. The van der Waals surface area contributed by atoms with E-state index >= 15 is 0 Å². The van der Waals surface area contributed by atoms with Gasteiger partial charge in [-0.05, 0) is 37.6 Å². The molecule has 2 aromatic heterocycles. The van der Waals surface area contributed by atoms with Gasteiger partial charge in [-0.2, -0.15) is 10.2 Å². The monoisotopic (exact) mass is 445 g/mol. The van der Waals surface area contributed by atoms with Gasteiger partial charge in [0.05, 0.1) is 36.6 Å². The van der Waals surface area contributed by atoms with Gasteiger partial charge in [-0.25, -0.2) is 0 Å². The minimum Gasteiger partial charge on any atom is -0.481 e. The van der Waals surface area contributed by atoms with E-state index in [-0.39, 0.29) is 24.6 Å². The molecule has 1 amide bonds. The number of nitrogens with one attached hydrogen (secondary N) is 1. The summed E-state index contributed by atoms with van der Waals surface area (Å²) in [7, 11) is 0. The Labute approximate surface area is 170 Å². The quantitative estimate of drug-likeness (QED) is 0.580. The average molecular weight is 446 g/mol. The Morgan fingerprint density at radius 1 is 1.14 bits per heavy atom. The van der Waals surface area contributed by atoms with Gasteiger partial charge in [0.1, 0.15) is 0 Å². The van der Waals surface area contributed by atoms with Crippen molar-refractivity contribution in [3.05, 3.63) is 63.6 Å². The van der Waals surface area contributed by atoms with Crippen LogP contribution in [0.25, 0.3) is 0 Å². The molecule has 146 valence electrons. The number of benzene rings is 1. The molecule has 0 aliphatic rings. The summed E-state index contributed by atoms with van der Waals surface area (Å²) in [6, 6.07) is 9.55. The standard InChI is InChI=1S/C19H20BrN5O3/c1-12-18(13(2)25(22-12)11-14-3-5-15(20)6-4-14)21-19(28)16-7-9-24(23-16)10-8-17(26)27/h3-7,9H,8,10-11H2,1-2H3,(H,21,28)(H,26,27). The number of nitrogens with zero attached hydrogens (tertiary/aromatic N) is 4. The molecule has 28 heavy (non-hydrogen) atoms. The Morgan fingerprint density at radius 3 is 2.54 bits per heavy atom. The van der Waals surface area contributed by atoms with E-state index in [9.17, 15) is 9.59 Å². The van der Waals surface area contributed by atoms with E-state index in [0.29, 0.717) is 17.9 Å². The molecule has 1 aromatic carbocycles. The summed E-state index contributed by atoms with van der Waals surface area (Å²) >= 11 is 3.42. The molecule has 0 aliphatic carbocycles. The normalized spacial score (nSPS) is 10.8. The van der Waals surface area contributed by atoms with Crippen LogP contribution < -0.4 is 5.32 Å². The number of carboxylic acids is 1. The van der Waals surface area contributed by atoms with Crippen LogP contribution in [0.1, 0.15) is 33.9 Å². The highest BCUT2D eigenvalue weighted by Crippen LogP contribution is 2.21. The second kappa shape index (κ2) is 8.39. The summed E-state index contributed by atoms with van der Waals surface area (Å²) in [5, 5.41) is 20.3. The third kappa shape index (κ3) is 4.66. The van der Waals surface area contributed by atoms with Gasteiger partial charge < -0.3 is 10.4 Å². The van der Waals surface area contributed by atoms with E-state index in [1.807, 2.05) is 42.8 Å². The molecule has 0 unspecified atom stereocenters. The lowest BCUT2D eigenvalue weighted by Crippen LogP contribution is -2.15. The molecule has 2 N–H and O–H groups in total. The molecular formula is C19H20BrN5O3. The van der Waals surface area contributed by atoms with Crippen molar-refractivity contribution in [2.75, 3.05) is 5.32 Å². The second-order valence-corrected chi connectivity index (χ2v) is 7.31. The maximum atomic E-state index is 12.5. The fourth-order valence-corrected chi connectivity index (χ4v) is 3.05. The lowest BCUT2D eigenvalue weighted by Gasteiger charge is -2.07. The summed E-state index contributed by atoms with van der Waals surface area (Å²) in [4.78, 5) is 23.2. The van der Waals surface area contributed by atoms with Gasteiger partial charge >= 0.3 is 5.97 Å². The number of carbonyl (C=O) groups is 2. The first kappa shape index (κ1) is 19.8. The summed E-state index contributed by atoms with van der Waals surface area (Å²) in [5.41, 5.74) is 3.54. The first-order chi connectivity index (χ1) is 13.3. The van der Waals surface area contributed by atoms with E-state index in [0.717, 1.165) is 15.7 Å². The van der Waals surface area contributed by atoms with Crippen molar-refractivity contribution in [1.29, 1.82) is 0 Å². The molecule has 3 rings (SSSR count). The van der Waals surface area contributed by atoms with Crippen LogP contribution in [0.5, 0.6) is 0 Å². The molecule has 8 nitrogen and oxygen atoms in total.